The van der Waals surface area contributed by atoms with Gasteiger partial charge in [0.25, 0.3) is 5.91 Å². The zero-order valence-corrected chi connectivity index (χ0v) is 14.7. The number of rotatable bonds is 8. The Kier molecular flexibility index (Phi) is 6.47. The van der Waals surface area contributed by atoms with Crippen molar-refractivity contribution < 1.29 is 19.4 Å². The van der Waals surface area contributed by atoms with Crippen LogP contribution >= 0.6 is 11.8 Å². The van der Waals surface area contributed by atoms with E-state index in [1.54, 1.807) is 48.7 Å². The number of carbonyl (C=O) groups is 2. The van der Waals surface area contributed by atoms with Crippen LogP contribution in [-0.4, -0.2) is 24.7 Å². The summed E-state index contributed by atoms with van der Waals surface area (Å²) in [6.45, 7) is -0.264. The second-order valence-corrected chi connectivity index (χ2v) is 6.10. The predicted octanol–water partition coefficient (Wildman–Crippen LogP) is 1.05. The lowest BCUT2D eigenvalue weighted by molar-refractivity contribution is -0.307. The van der Waals surface area contributed by atoms with Gasteiger partial charge in [0.2, 0.25) is 0 Å². The molecule has 7 nitrogen and oxygen atoms in total. The van der Waals surface area contributed by atoms with E-state index in [9.17, 15) is 14.7 Å². The fourth-order valence-electron chi connectivity index (χ4n) is 2.22. The molecule has 0 spiro atoms. The summed E-state index contributed by atoms with van der Waals surface area (Å²) in [5.74, 6) is -1.46. The van der Waals surface area contributed by atoms with Crippen molar-refractivity contribution in [3.63, 3.8) is 0 Å². The molecule has 0 saturated heterocycles. The van der Waals surface area contributed by atoms with Crippen LogP contribution in [0.5, 0.6) is 5.75 Å². The number of carbonyl (C=O) groups excluding carboxylic acids is 2. The van der Waals surface area contributed by atoms with E-state index in [4.69, 9.17) is 15.7 Å². The Bertz CT molecular complexity index is 847. The fourth-order valence-corrected chi connectivity index (χ4v) is 2.80. The number of nitrogens with one attached hydrogen (secondary N) is 1. The normalized spacial score (nSPS) is 11.2. The average Bonchev–Trinajstić information content (AvgIpc) is 2.64. The fraction of sp³-hybridized carbons (Fsp3) is 0.167. The van der Waals surface area contributed by atoms with Gasteiger partial charge in [0.15, 0.2) is 6.61 Å². The van der Waals surface area contributed by atoms with Gasteiger partial charge < -0.3 is 25.7 Å². The van der Waals surface area contributed by atoms with Gasteiger partial charge in [-0.15, -0.1) is 11.8 Å². The highest BCUT2D eigenvalue weighted by atomic mass is 32.2. The largest absolute Gasteiger partial charge is 0.548 e. The van der Waals surface area contributed by atoms with Crippen molar-refractivity contribution >= 4 is 29.3 Å². The van der Waals surface area contributed by atoms with Gasteiger partial charge in [-0.05, 0) is 48.2 Å². The highest BCUT2D eigenvalue weighted by Crippen LogP contribution is 2.31. The lowest BCUT2D eigenvalue weighted by atomic mass is 10.1. The molecule has 2 aromatic rings. The van der Waals surface area contributed by atoms with Crippen LogP contribution in [0.4, 0.5) is 5.69 Å². The molecule has 2 aromatic carbocycles. The summed E-state index contributed by atoms with van der Waals surface area (Å²) in [6, 6.07) is 12.1. The Hall–Kier alpha value is -3.18. The van der Waals surface area contributed by atoms with Crippen molar-refractivity contribution in [3.8, 4) is 11.8 Å². The smallest absolute Gasteiger partial charge is 0.255 e. The van der Waals surface area contributed by atoms with E-state index in [0.29, 0.717) is 27.5 Å². The Morgan fingerprint density at radius 2 is 2.00 bits per heavy atom. The molecule has 0 bridgehead atoms. The molecule has 0 aliphatic carbocycles. The molecule has 1 unspecified atom stereocenters. The third-order valence-corrected chi connectivity index (χ3v) is 4.21. The summed E-state index contributed by atoms with van der Waals surface area (Å²) in [7, 11) is 0. The summed E-state index contributed by atoms with van der Waals surface area (Å²) < 4.78 is 5.32. The van der Waals surface area contributed by atoms with Crippen LogP contribution < -0.4 is 20.9 Å². The number of carboxylic acid groups (broad SMARTS) is 1. The molecule has 8 heteroatoms. The molecule has 0 radical (unpaired) electrons. The highest BCUT2D eigenvalue weighted by Gasteiger charge is 2.16. The first-order valence-corrected chi connectivity index (χ1v) is 8.73. The maximum atomic E-state index is 11.6. The Balaban J connectivity index is 2.27. The maximum absolute atomic E-state index is 11.6. The van der Waals surface area contributed by atoms with Gasteiger partial charge in [-0.3, -0.25) is 4.79 Å². The first kappa shape index (κ1) is 19.1. The van der Waals surface area contributed by atoms with Crippen LogP contribution in [-0.2, 0) is 9.59 Å². The monoisotopic (exact) mass is 370 g/mol. The van der Waals surface area contributed by atoms with E-state index < -0.39 is 17.9 Å². The number of hydrogen-bond acceptors (Lipinski definition) is 7. The van der Waals surface area contributed by atoms with Crippen molar-refractivity contribution in [2.24, 2.45) is 5.73 Å². The third kappa shape index (κ3) is 4.91. The number of nitrogens with zero attached hydrogens (tertiary/aromatic N) is 1. The average molecular weight is 370 g/mol. The first-order valence-electron chi connectivity index (χ1n) is 7.51. The van der Waals surface area contributed by atoms with Gasteiger partial charge in [-0.25, -0.2) is 0 Å². The number of carboxylic acids is 1. The van der Waals surface area contributed by atoms with Crippen LogP contribution in [0, 0.1) is 11.3 Å². The molecule has 0 fully saturated rings. The van der Waals surface area contributed by atoms with E-state index in [2.05, 4.69) is 5.32 Å². The number of amides is 1. The molecule has 1 atom stereocenters. The number of thioether (sulfide) groups is 1. The molecule has 0 aliphatic rings. The molecular weight excluding hydrogens is 354 g/mol. The number of hydrogen-bond donors (Lipinski definition) is 2. The van der Waals surface area contributed by atoms with E-state index in [-0.39, 0.29) is 6.61 Å². The summed E-state index contributed by atoms with van der Waals surface area (Å²) in [5.41, 5.74) is 6.55. The minimum absolute atomic E-state index is 0.264. The number of benzene rings is 2. The zero-order valence-electron chi connectivity index (χ0n) is 13.9. The summed E-state index contributed by atoms with van der Waals surface area (Å²) in [4.78, 5) is 23.1. The lowest BCUT2D eigenvalue weighted by Gasteiger charge is -2.22. The van der Waals surface area contributed by atoms with Crippen LogP contribution in [0.1, 0.15) is 17.2 Å². The molecule has 134 valence electrons. The summed E-state index contributed by atoms with van der Waals surface area (Å²) >= 11 is 1.35. The number of primary amides is 1. The second kappa shape index (κ2) is 8.78. The molecule has 1 amide bonds. The van der Waals surface area contributed by atoms with Gasteiger partial charge >= 0.3 is 0 Å². The number of aliphatic carboxylic acids is 1. The molecule has 0 aromatic heterocycles. The molecule has 3 N–H and O–H groups in total. The molecule has 26 heavy (non-hydrogen) atoms. The van der Waals surface area contributed by atoms with Crippen molar-refractivity contribution in [2.45, 2.75) is 10.9 Å². The van der Waals surface area contributed by atoms with Crippen LogP contribution in [0.25, 0.3) is 0 Å². The topological polar surface area (TPSA) is 128 Å². The summed E-state index contributed by atoms with van der Waals surface area (Å²) in [6.07, 6.45) is 1.80. The number of nitrogens with two attached hydrogens (primary N) is 1. The van der Waals surface area contributed by atoms with Gasteiger partial charge in [0, 0.05) is 10.6 Å². The highest BCUT2D eigenvalue weighted by molar-refractivity contribution is 7.98. The van der Waals surface area contributed by atoms with Gasteiger partial charge in [0.1, 0.15) is 5.75 Å². The third-order valence-electron chi connectivity index (χ3n) is 3.45. The Morgan fingerprint density at radius 3 is 2.54 bits per heavy atom. The minimum atomic E-state index is -1.30. The van der Waals surface area contributed by atoms with E-state index in [1.807, 2.05) is 6.07 Å². The summed E-state index contributed by atoms with van der Waals surface area (Å²) in [5, 5.41) is 23.3. The van der Waals surface area contributed by atoms with Crippen LogP contribution in [0.3, 0.4) is 0 Å². The maximum Gasteiger partial charge on any atom is 0.255 e. The quantitative estimate of drug-likeness (QED) is 0.665. The molecule has 0 heterocycles. The zero-order chi connectivity index (χ0) is 19.1. The lowest BCUT2D eigenvalue weighted by Crippen LogP contribution is -2.34. The van der Waals surface area contributed by atoms with E-state index in [1.165, 1.54) is 11.8 Å². The standard InChI is InChI=1S/C18H17N3O4S/c1-26-15-8-12(4-7-14(15)25-10-16(20)22)17(18(23)24)21-13-5-2-11(9-19)3-6-13/h2-8,17,21H,10H2,1H3,(H2,20,22)(H,23,24)/p-1. The predicted molar refractivity (Wildman–Crippen MR) is 95.4 cm³/mol. The second-order valence-electron chi connectivity index (χ2n) is 5.25. The van der Waals surface area contributed by atoms with Crippen LogP contribution in [0.2, 0.25) is 0 Å². The van der Waals surface area contributed by atoms with Gasteiger partial charge in [-0.2, -0.15) is 5.26 Å². The molecule has 2 rings (SSSR count). The van der Waals surface area contributed by atoms with Gasteiger partial charge in [-0.1, -0.05) is 6.07 Å². The van der Waals surface area contributed by atoms with Gasteiger partial charge in [0.05, 0.1) is 23.6 Å². The molecular formula is C18H16N3O4S-. The first-order chi connectivity index (χ1) is 12.4. The Morgan fingerprint density at radius 1 is 1.31 bits per heavy atom. The van der Waals surface area contributed by atoms with Crippen molar-refractivity contribution in [1.82, 2.24) is 0 Å². The van der Waals surface area contributed by atoms with Crippen molar-refractivity contribution in [2.75, 3.05) is 18.2 Å². The Labute approximate surface area is 154 Å². The van der Waals surface area contributed by atoms with Crippen LogP contribution in [0.15, 0.2) is 47.4 Å². The number of ether oxygens (including phenoxy) is 1. The SMILES string of the molecule is CSc1cc(C(Nc2ccc(C#N)cc2)C(=O)[O-])ccc1OCC(N)=O. The number of nitriles is 1. The molecule has 0 aliphatic heterocycles. The van der Waals surface area contributed by atoms with Crippen molar-refractivity contribution in [3.05, 3.63) is 53.6 Å². The minimum Gasteiger partial charge on any atom is -0.548 e. The molecule has 0 saturated carbocycles. The number of anilines is 1. The van der Waals surface area contributed by atoms with Crippen molar-refractivity contribution in [1.29, 1.82) is 5.26 Å². The van der Waals surface area contributed by atoms with E-state index in [0.717, 1.165) is 0 Å². The van der Waals surface area contributed by atoms with E-state index >= 15 is 0 Å².